The Labute approximate surface area is 149 Å². The molecule has 0 atom stereocenters. The van der Waals surface area contributed by atoms with Crippen LogP contribution < -0.4 is 15.8 Å². The molecule has 130 valence electrons. The average Bonchev–Trinajstić information content (AvgIpc) is 3.05. The van der Waals surface area contributed by atoms with Crippen LogP contribution in [0.1, 0.15) is 11.1 Å². The molecule has 2 rings (SSSR count). The number of benzene rings is 1. The summed E-state index contributed by atoms with van der Waals surface area (Å²) in [5, 5.41) is 14.7. The molecule has 9 heteroatoms. The van der Waals surface area contributed by atoms with Crippen molar-refractivity contribution in [2.45, 2.75) is 17.2 Å². The number of rotatable bonds is 8. The van der Waals surface area contributed by atoms with Gasteiger partial charge in [-0.3, -0.25) is 0 Å². The predicted molar refractivity (Wildman–Crippen MR) is 98.5 cm³/mol. The maximum absolute atomic E-state index is 11.7. The minimum Gasteiger partial charge on any atom is -0.337 e. The molecule has 0 saturated carbocycles. The second-order valence-electron chi connectivity index (χ2n) is 4.98. The fraction of sp³-hybridized carbons (Fsp3) is 0.267. The van der Waals surface area contributed by atoms with Crippen molar-refractivity contribution >= 4 is 39.2 Å². The van der Waals surface area contributed by atoms with E-state index in [0.717, 1.165) is 17.1 Å². The van der Waals surface area contributed by atoms with Gasteiger partial charge in [0.2, 0.25) is 10.0 Å². The maximum atomic E-state index is 11.7. The van der Waals surface area contributed by atoms with Crippen LogP contribution in [0.2, 0.25) is 0 Å². The third-order valence-corrected chi connectivity index (χ3v) is 5.78. The molecule has 0 aliphatic carbocycles. The average molecular weight is 386 g/mol. The molecule has 1 aromatic carbocycles. The first-order chi connectivity index (χ1) is 11.4. The lowest BCUT2D eigenvalue weighted by Gasteiger charge is -2.08. The zero-order valence-electron chi connectivity index (χ0n) is 12.9. The monoisotopic (exact) mass is 385 g/mol. The standard InChI is InChI=1S/C15H19N3O3S3/c16-24(20,21)14-3-1-12(2-4-14)9-18-15(19)17-6-8-23-11-13-5-7-22-10-13/h1-5,7,10H,6,8-9,11H2,(H2,16,20,21)(H2,17,18,19). The molecule has 4 N–H and O–H groups in total. The first-order valence-electron chi connectivity index (χ1n) is 7.17. The van der Waals surface area contributed by atoms with Crippen LogP contribution in [0.25, 0.3) is 0 Å². The maximum Gasteiger partial charge on any atom is 0.315 e. The summed E-state index contributed by atoms with van der Waals surface area (Å²) in [5.41, 5.74) is 2.10. The number of nitrogens with one attached hydrogen (secondary N) is 2. The van der Waals surface area contributed by atoms with Gasteiger partial charge in [0, 0.05) is 24.6 Å². The van der Waals surface area contributed by atoms with E-state index < -0.39 is 10.0 Å². The van der Waals surface area contributed by atoms with E-state index in [1.54, 1.807) is 35.2 Å². The van der Waals surface area contributed by atoms with Crippen LogP contribution in [0.4, 0.5) is 4.79 Å². The van der Waals surface area contributed by atoms with Crippen LogP contribution in [0.15, 0.2) is 46.0 Å². The number of amides is 2. The Morgan fingerprint density at radius 3 is 2.50 bits per heavy atom. The first kappa shape index (κ1) is 18.8. The van der Waals surface area contributed by atoms with Gasteiger partial charge in [-0.2, -0.15) is 23.1 Å². The van der Waals surface area contributed by atoms with Crippen molar-refractivity contribution < 1.29 is 13.2 Å². The highest BCUT2D eigenvalue weighted by molar-refractivity contribution is 7.98. The van der Waals surface area contributed by atoms with Crippen molar-refractivity contribution in [2.24, 2.45) is 5.14 Å². The number of carbonyl (C=O) groups excluding carboxylic acids is 1. The molecule has 1 heterocycles. The quantitative estimate of drug-likeness (QED) is 0.606. The number of primary sulfonamides is 1. The molecule has 0 aliphatic rings. The van der Waals surface area contributed by atoms with Gasteiger partial charge in [-0.05, 0) is 40.1 Å². The first-order valence-corrected chi connectivity index (χ1v) is 10.8. The number of nitrogens with two attached hydrogens (primary N) is 1. The van der Waals surface area contributed by atoms with Gasteiger partial charge in [0.25, 0.3) is 0 Å². The molecule has 0 unspecified atom stereocenters. The molecule has 0 radical (unpaired) electrons. The summed E-state index contributed by atoms with van der Waals surface area (Å²) in [6, 6.07) is 7.94. The summed E-state index contributed by atoms with van der Waals surface area (Å²) in [5.74, 6) is 1.79. The zero-order valence-corrected chi connectivity index (χ0v) is 15.3. The molecule has 0 saturated heterocycles. The second-order valence-corrected chi connectivity index (χ2v) is 8.43. The van der Waals surface area contributed by atoms with E-state index in [4.69, 9.17) is 5.14 Å². The summed E-state index contributed by atoms with van der Waals surface area (Å²) in [6.45, 7) is 0.907. The summed E-state index contributed by atoms with van der Waals surface area (Å²) in [6.07, 6.45) is 0. The topological polar surface area (TPSA) is 101 Å². The highest BCUT2D eigenvalue weighted by Crippen LogP contribution is 2.14. The van der Waals surface area contributed by atoms with Crippen LogP contribution in [-0.2, 0) is 22.3 Å². The third kappa shape index (κ3) is 6.52. The van der Waals surface area contributed by atoms with Gasteiger partial charge in [0.15, 0.2) is 0 Å². The SMILES string of the molecule is NS(=O)(=O)c1ccc(CNC(=O)NCCSCc2ccsc2)cc1. The Morgan fingerprint density at radius 2 is 1.88 bits per heavy atom. The Kier molecular flexibility index (Phi) is 7.10. The van der Waals surface area contributed by atoms with Gasteiger partial charge < -0.3 is 10.6 Å². The lowest BCUT2D eigenvalue weighted by Crippen LogP contribution is -2.36. The Hall–Kier alpha value is -1.55. The van der Waals surface area contributed by atoms with Crippen molar-refractivity contribution in [3.8, 4) is 0 Å². The summed E-state index contributed by atoms with van der Waals surface area (Å²) >= 11 is 3.45. The fourth-order valence-corrected chi connectivity index (χ4v) is 3.94. The molecule has 2 aromatic rings. The van der Waals surface area contributed by atoms with Gasteiger partial charge in [0.1, 0.15) is 0 Å². The lowest BCUT2D eigenvalue weighted by atomic mass is 10.2. The van der Waals surface area contributed by atoms with Crippen LogP contribution in [-0.4, -0.2) is 26.7 Å². The third-order valence-electron chi connectivity index (χ3n) is 3.09. The summed E-state index contributed by atoms with van der Waals surface area (Å²) < 4.78 is 22.3. The number of hydrogen-bond donors (Lipinski definition) is 3. The molecule has 2 amide bonds. The number of thioether (sulfide) groups is 1. The summed E-state index contributed by atoms with van der Waals surface area (Å²) in [4.78, 5) is 11.7. The number of thiophene rings is 1. The van der Waals surface area contributed by atoms with Crippen LogP contribution in [0, 0.1) is 0 Å². The highest BCUT2D eigenvalue weighted by Gasteiger charge is 2.07. The number of carbonyl (C=O) groups is 1. The minimum absolute atomic E-state index is 0.0540. The van der Waals surface area contributed by atoms with E-state index in [-0.39, 0.29) is 10.9 Å². The normalized spacial score (nSPS) is 11.2. The van der Waals surface area contributed by atoms with Crippen molar-refractivity contribution in [3.63, 3.8) is 0 Å². The molecule has 0 spiro atoms. The fourth-order valence-electron chi connectivity index (χ4n) is 1.84. The van der Waals surface area contributed by atoms with E-state index in [1.807, 2.05) is 0 Å². The molecular formula is C15H19N3O3S3. The Balaban J connectivity index is 1.62. The predicted octanol–water partition coefficient (Wildman–Crippen LogP) is 2.13. The van der Waals surface area contributed by atoms with E-state index in [2.05, 4.69) is 27.5 Å². The smallest absolute Gasteiger partial charge is 0.315 e. The van der Waals surface area contributed by atoms with Crippen molar-refractivity contribution in [3.05, 3.63) is 52.2 Å². The summed E-state index contributed by atoms with van der Waals surface area (Å²) in [7, 11) is -3.69. The van der Waals surface area contributed by atoms with Gasteiger partial charge in [-0.25, -0.2) is 18.4 Å². The van der Waals surface area contributed by atoms with E-state index >= 15 is 0 Å². The van der Waals surface area contributed by atoms with Gasteiger partial charge in [0.05, 0.1) is 4.90 Å². The number of hydrogen-bond acceptors (Lipinski definition) is 5. The lowest BCUT2D eigenvalue weighted by molar-refractivity contribution is 0.241. The van der Waals surface area contributed by atoms with Crippen LogP contribution in [0.5, 0.6) is 0 Å². The minimum atomic E-state index is -3.69. The van der Waals surface area contributed by atoms with E-state index in [1.165, 1.54) is 17.7 Å². The van der Waals surface area contributed by atoms with E-state index in [0.29, 0.717) is 13.1 Å². The zero-order chi connectivity index (χ0) is 17.4. The molecule has 0 bridgehead atoms. The van der Waals surface area contributed by atoms with Crippen LogP contribution >= 0.6 is 23.1 Å². The van der Waals surface area contributed by atoms with E-state index in [9.17, 15) is 13.2 Å². The molecule has 0 fully saturated rings. The largest absolute Gasteiger partial charge is 0.337 e. The molecule has 1 aromatic heterocycles. The highest BCUT2D eigenvalue weighted by atomic mass is 32.2. The number of sulfonamides is 1. The van der Waals surface area contributed by atoms with Gasteiger partial charge in [-0.1, -0.05) is 12.1 Å². The Morgan fingerprint density at radius 1 is 1.12 bits per heavy atom. The molecular weight excluding hydrogens is 366 g/mol. The Bertz CT molecular complexity index is 744. The van der Waals surface area contributed by atoms with Gasteiger partial charge >= 0.3 is 6.03 Å². The van der Waals surface area contributed by atoms with Crippen molar-refractivity contribution in [2.75, 3.05) is 12.3 Å². The molecule has 6 nitrogen and oxygen atoms in total. The molecule has 24 heavy (non-hydrogen) atoms. The molecule has 0 aliphatic heterocycles. The van der Waals surface area contributed by atoms with Gasteiger partial charge in [-0.15, -0.1) is 0 Å². The van der Waals surface area contributed by atoms with Crippen LogP contribution in [0.3, 0.4) is 0 Å². The number of urea groups is 1. The van der Waals surface area contributed by atoms with Crippen molar-refractivity contribution in [1.82, 2.24) is 10.6 Å². The second kappa shape index (κ2) is 9.07. The van der Waals surface area contributed by atoms with Crippen molar-refractivity contribution in [1.29, 1.82) is 0 Å².